The number of pyridine rings is 1. The maximum atomic E-state index is 12.7. The first-order chi connectivity index (χ1) is 16.9. The first-order valence-corrected chi connectivity index (χ1v) is 11.3. The highest BCUT2D eigenvalue weighted by Gasteiger charge is 2.11. The Bertz CT molecular complexity index is 1430. The lowest BCUT2D eigenvalue weighted by Gasteiger charge is -2.12. The second kappa shape index (κ2) is 10.7. The third kappa shape index (κ3) is 6.16. The van der Waals surface area contributed by atoms with Gasteiger partial charge in [-0.05, 0) is 60.2 Å². The van der Waals surface area contributed by atoms with E-state index in [4.69, 9.17) is 22.7 Å². The van der Waals surface area contributed by atoms with Gasteiger partial charge in [-0.2, -0.15) is 0 Å². The quantitative estimate of drug-likeness (QED) is 0.214. The van der Waals surface area contributed by atoms with E-state index in [9.17, 15) is 9.59 Å². The Labute approximate surface area is 207 Å². The first kappa shape index (κ1) is 23.8. The van der Waals surface area contributed by atoms with Crippen LogP contribution in [0.4, 0.5) is 17.1 Å². The fraction of sp³-hybridized carbons (Fsp3) is 0.0741. The van der Waals surface area contributed by atoms with Crippen molar-refractivity contribution in [2.45, 2.75) is 6.54 Å². The van der Waals surface area contributed by atoms with E-state index in [0.717, 1.165) is 16.9 Å². The highest BCUT2D eigenvalue weighted by molar-refractivity contribution is 6.31. The molecule has 0 radical (unpaired) electrons. The minimum atomic E-state index is -0.303. The van der Waals surface area contributed by atoms with E-state index < -0.39 is 0 Å². The van der Waals surface area contributed by atoms with Crippen LogP contribution in [0.2, 0.25) is 5.02 Å². The number of anilines is 3. The van der Waals surface area contributed by atoms with E-state index in [-0.39, 0.29) is 23.7 Å². The predicted octanol–water partition coefficient (Wildman–Crippen LogP) is 4.67. The Kier molecular flexibility index (Phi) is 7.28. The Balaban J connectivity index is 1.37. The average Bonchev–Trinajstić information content (AvgIpc) is 2.86. The summed E-state index contributed by atoms with van der Waals surface area (Å²) in [6.45, 7) is 0.512. The summed E-state index contributed by atoms with van der Waals surface area (Å²) >= 11 is 5.99. The van der Waals surface area contributed by atoms with Crippen LogP contribution in [0.3, 0.4) is 0 Å². The minimum absolute atomic E-state index is 0.0208. The van der Waals surface area contributed by atoms with Crippen LogP contribution in [-0.2, 0) is 6.54 Å². The van der Waals surface area contributed by atoms with Crippen LogP contribution in [0.25, 0.3) is 0 Å². The van der Waals surface area contributed by atoms with Crippen LogP contribution in [0.1, 0.15) is 21.5 Å². The van der Waals surface area contributed by atoms with E-state index in [1.807, 2.05) is 36.4 Å². The predicted molar refractivity (Wildman–Crippen MR) is 141 cm³/mol. The maximum Gasteiger partial charge on any atom is 0.251 e. The number of nitrogen functional groups attached to an aromatic ring is 1. The van der Waals surface area contributed by atoms with E-state index in [2.05, 4.69) is 10.6 Å². The number of nitrogens with zero attached hydrogens (tertiary/aromatic N) is 1. The van der Waals surface area contributed by atoms with E-state index in [1.165, 1.54) is 6.07 Å². The van der Waals surface area contributed by atoms with Gasteiger partial charge in [0, 0.05) is 45.5 Å². The molecule has 0 unspecified atom stereocenters. The molecule has 0 spiro atoms. The summed E-state index contributed by atoms with van der Waals surface area (Å²) < 4.78 is 1.64. The lowest BCUT2D eigenvalue weighted by atomic mass is 10.1. The van der Waals surface area contributed by atoms with E-state index in [1.54, 1.807) is 53.2 Å². The number of benzene rings is 3. The van der Waals surface area contributed by atoms with Gasteiger partial charge in [0.25, 0.3) is 11.5 Å². The molecule has 35 heavy (non-hydrogen) atoms. The van der Waals surface area contributed by atoms with Crippen LogP contribution in [0.5, 0.6) is 0 Å². The largest absolute Gasteiger partial charge is 0.398 e. The van der Waals surface area contributed by atoms with Crippen LogP contribution >= 0.6 is 11.6 Å². The summed E-state index contributed by atoms with van der Waals surface area (Å²) in [5.74, 6) is -0.303. The lowest BCUT2D eigenvalue weighted by Crippen LogP contribution is -2.30. The Morgan fingerprint density at radius 1 is 0.943 bits per heavy atom. The maximum absolute atomic E-state index is 12.7. The van der Waals surface area contributed by atoms with Gasteiger partial charge in [-0.3, -0.25) is 9.59 Å². The monoisotopic (exact) mass is 485 g/mol. The number of rotatable bonds is 8. The fourth-order valence-electron chi connectivity index (χ4n) is 3.54. The molecule has 0 aliphatic rings. The minimum Gasteiger partial charge on any atom is -0.398 e. The molecule has 1 heterocycles. The summed E-state index contributed by atoms with van der Waals surface area (Å²) in [6, 6.07) is 24.8. The zero-order valence-electron chi connectivity index (χ0n) is 18.8. The number of aromatic nitrogens is 1. The molecule has 0 aliphatic heterocycles. The van der Waals surface area contributed by atoms with Crippen LogP contribution < -0.4 is 21.9 Å². The molecule has 8 heteroatoms. The number of carbonyl (C=O) groups is 1. The number of nitrogens with two attached hydrogens (primary N) is 1. The van der Waals surface area contributed by atoms with Crippen molar-refractivity contribution in [3.8, 4) is 0 Å². The molecule has 0 aliphatic carbocycles. The highest BCUT2D eigenvalue weighted by Crippen LogP contribution is 2.20. The zero-order chi connectivity index (χ0) is 24.8. The van der Waals surface area contributed by atoms with E-state index >= 15 is 0 Å². The Hall–Kier alpha value is -4.36. The molecule has 7 nitrogen and oxygen atoms in total. The van der Waals surface area contributed by atoms with Crippen molar-refractivity contribution in [3.63, 3.8) is 0 Å². The molecular weight excluding hydrogens is 462 g/mol. The van der Waals surface area contributed by atoms with Crippen LogP contribution in [0.15, 0.2) is 95.9 Å². The van der Waals surface area contributed by atoms with Gasteiger partial charge in [0.05, 0.1) is 18.8 Å². The molecule has 4 rings (SSSR count). The molecule has 0 atom stereocenters. The number of nitrogens with one attached hydrogen (secondary N) is 3. The number of carbonyl (C=O) groups excluding carboxylic acids is 1. The molecule has 0 saturated heterocycles. The molecule has 5 N–H and O–H groups in total. The van der Waals surface area contributed by atoms with Crippen LogP contribution in [0, 0.1) is 5.41 Å². The standard InChI is InChI=1S/C27H24ClN5O2/c28-20-9-12-24(29)23(15-20)25(30)16-31-27(35)19-4-3-5-22(14-19)32-21-10-7-18(8-11-21)17-33-13-2-1-6-26(33)34/h1-15,30,32H,16-17,29H2,(H,31,35). The summed E-state index contributed by atoms with van der Waals surface area (Å²) in [5, 5.41) is 14.7. The highest BCUT2D eigenvalue weighted by atomic mass is 35.5. The topological polar surface area (TPSA) is 113 Å². The van der Waals surface area contributed by atoms with Gasteiger partial charge in [0.15, 0.2) is 0 Å². The number of hydrogen-bond donors (Lipinski definition) is 4. The molecular formula is C27H24ClN5O2. The van der Waals surface area contributed by atoms with E-state index in [0.29, 0.717) is 28.4 Å². The zero-order valence-corrected chi connectivity index (χ0v) is 19.5. The van der Waals surface area contributed by atoms with Gasteiger partial charge in [-0.1, -0.05) is 35.9 Å². The summed E-state index contributed by atoms with van der Waals surface area (Å²) in [4.78, 5) is 24.6. The second-order valence-corrected chi connectivity index (χ2v) is 8.40. The molecule has 0 saturated carbocycles. The average molecular weight is 486 g/mol. The molecule has 176 valence electrons. The van der Waals surface area contributed by atoms with Gasteiger partial charge in [0.1, 0.15) is 0 Å². The van der Waals surface area contributed by atoms with Gasteiger partial charge < -0.3 is 26.3 Å². The normalized spacial score (nSPS) is 10.5. The van der Waals surface area contributed by atoms with Crippen LogP contribution in [-0.4, -0.2) is 22.7 Å². The number of halogens is 1. The Morgan fingerprint density at radius 2 is 1.74 bits per heavy atom. The van der Waals surface area contributed by atoms with Crippen molar-refractivity contribution in [2.75, 3.05) is 17.6 Å². The van der Waals surface area contributed by atoms with Crippen molar-refractivity contribution in [2.24, 2.45) is 0 Å². The van der Waals surface area contributed by atoms with Gasteiger partial charge >= 0.3 is 0 Å². The van der Waals surface area contributed by atoms with Crippen molar-refractivity contribution in [1.29, 1.82) is 5.41 Å². The fourth-order valence-corrected chi connectivity index (χ4v) is 3.71. The summed E-state index contributed by atoms with van der Waals surface area (Å²) in [7, 11) is 0. The molecule has 0 fully saturated rings. The molecule has 1 aromatic heterocycles. The SMILES string of the molecule is N=C(CNC(=O)c1cccc(Nc2ccc(Cn3ccccc3=O)cc2)c1)c1cc(Cl)ccc1N. The first-order valence-electron chi connectivity index (χ1n) is 10.9. The third-order valence-electron chi connectivity index (χ3n) is 5.39. The van der Waals surface area contributed by atoms with Gasteiger partial charge in [-0.25, -0.2) is 0 Å². The Morgan fingerprint density at radius 3 is 2.51 bits per heavy atom. The summed E-state index contributed by atoms with van der Waals surface area (Å²) in [6.07, 6.45) is 1.76. The molecule has 0 bridgehead atoms. The van der Waals surface area contributed by atoms with Crippen molar-refractivity contribution in [3.05, 3.63) is 123 Å². The summed E-state index contributed by atoms with van der Waals surface area (Å²) in [5.41, 5.74) is 10.0. The van der Waals surface area contributed by atoms with Gasteiger partial charge in [0.2, 0.25) is 0 Å². The van der Waals surface area contributed by atoms with Crippen molar-refractivity contribution in [1.82, 2.24) is 9.88 Å². The number of hydrogen-bond acceptors (Lipinski definition) is 5. The molecule has 1 amide bonds. The smallest absolute Gasteiger partial charge is 0.251 e. The number of amides is 1. The third-order valence-corrected chi connectivity index (χ3v) is 5.62. The van der Waals surface area contributed by atoms with Gasteiger partial charge in [-0.15, -0.1) is 0 Å². The van der Waals surface area contributed by atoms with Crippen molar-refractivity contribution >= 4 is 40.3 Å². The molecule has 3 aromatic carbocycles. The molecule has 4 aromatic rings. The van der Waals surface area contributed by atoms with Crippen molar-refractivity contribution < 1.29 is 4.79 Å². The lowest BCUT2D eigenvalue weighted by molar-refractivity contribution is 0.0959. The second-order valence-electron chi connectivity index (χ2n) is 7.96.